The third kappa shape index (κ3) is 6.06. The molecule has 3 aromatic rings. The molecule has 0 radical (unpaired) electrons. The van der Waals surface area contributed by atoms with Gasteiger partial charge in [-0.3, -0.25) is 9.59 Å². The predicted octanol–water partition coefficient (Wildman–Crippen LogP) is 2.20. The van der Waals surface area contributed by atoms with Gasteiger partial charge in [0.15, 0.2) is 6.10 Å². The Hall–Kier alpha value is -4.48. The minimum Gasteiger partial charge on any atom is -0.480 e. The summed E-state index contributed by atoms with van der Waals surface area (Å²) < 4.78 is 0. The number of carboxylic acid groups (broad SMARTS) is 1. The lowest BCUT2D eigenvalue weighted by atomic mass is 9.98. The van der Waals surface area contributed by atoms with Gasteiger partial charge in [0.05, 0.1) is 17.7 Å². The van der Waals surface area contributed by atoms with Crippen LogP contribution in [0.25, 0.3) is 0 Å². The van der Waals surface area contributed by atoms with Gasteiger partial charge >= 0.3 is 5.97 Å². The molecule has 0 heterocycles. The van der Waals surface area contributed by atoms with Gasteiger partial charge in [0.25, 0.3) is 11.8 Å². The molecule has 0 aromatic heterocycles. The standard InChI is InChI=1S/C26H23N3O5/c27-16-20-14-8-7-13-19(20)15-21(26(33)34)28-25(32)23(30)22(17-9-3-1-4-10-17)29-24(31)18-11-5-2-6-12-18/h1-14,21-23,30H,15H2,(H,28,32)(H,29,31)(H,33,34)/t21-,22-,23+/m0/s1. The first-order chi connectivity index (χ1) is 16.4. The van der Waals surface area contributed by atoms with Crippen LogP contribution in [-0.2, 0) is 16.0 Å². The van der Waals surface area contributed by atoms with Crippen LogP contribution in [0, 0.1) is 11.3 Å². The molecule has 0 saturated carbocycles. The number of nitrogens with zero attached hydrogens (tertiary/aromatic N) is 1. The fraction of sp³-hybridized carbons (Fsp3) is 0.154. The Balaban J connectivity index is 1.81. The number of nitriles is 1. The molecule has 0 saturated heterocycles. The van der Waals surface area contributed by atoms with Crippen molar-refractivity contribution in [2.75, 3.05) is 0 Å². The normalized spacial score (nSPS) is 13.1. The van der Waals surface area contributed by atoms with Gasteiger partial charge in [0.1, 0.15) is 6.04 Å². The predicted molar refractivity (Wildman–Crippen MR) is 124 cm³/mol. The molecule has 0 bridgehead atoms. The molecule has 0 aliphatic heterocycles. The maximum Gasteiger partial charge on any atom is 0.326 e. The number of aliphatic carboxylic acids is 1. The lowest BCUT2D eigenvalue weighted by Crippen LogP contribution is -2.50. The molecule has 172 valence electrons. The van der Waals surface area contributed by atoms with Crippen LogP contribution < -0.4 is 10.6 Å². The van der Waals surface area contributed by atoms with Crippen LogP contribution in [-0.4, -0.2) is 40.1 Å². The fourth-order valence-corrected chi connectivity index (χ4v) is 3.45. The zero-order valence-electron chi connectivity index (χ0n) is 18.1. The fourth-order valence-electron chi connectivity index (χ4n) is 3.45. The number of aliphatic hydroxyl groups is 1. The van der Waals surface area contributed by atoms with Crippen molar-refractivity contribution in [1.29, 1.82) is 5.26 Å². The van der Waals surface area contributed by atoms with E-state index in [0.29, 0.717) is 22.3 Å². The highest BCUT2D eigenvalue weighted by Crippen LogP contribution is 2.19. The van der Waals surface area contributed by atoms with Crippen molar-refractivity contribution in [3.8, 4) is 6.07 Å². The molecular formula is C26H23N3O5. The summed E-state index contributed by atoms with van der Waals surface area (Å²) in [5, 5.41) is 34.7. The highest BCUT2D eigenvalue weighted by molar-refractivity contribution is 5.95. The molecule has 3 aromatic carbocycles. The third-order valence-corrected chi connectivity index (χ3v) is 5.24. The summed E-state index contributed by atoms with van der Waals surface area (Å²) in [7, 11) is 0. The number of carbonyl (C=O) groups is 3. The minimum atomic E-state index is -1.77. The molecule has 8 nitrogen and oxygen atoms in total. The maximum atomic E-state index is 12.9. The van der Waals surface area contributed by atoms with Crippen molar-refractivity contribution in [3.63, 3.8) is 0 Å². The number of nitrogens with one attached hydrogen (secondary N) is 2. The molecule has 0 aliphatic rings. The zero-order chi connectivity index (χ0) is 24.5. The molecule has 0 fully saturated rings. The van der Waals surface area contributed by atoms with Gasteiger partial charge in [0.2, 0.25) is 0 Å². The molecule has 0 unspecified atom stereocenters. The molecule has 3 atom stereocenters. The lowest BCUT2D eigenvalue weighted by Gasteiger charge is -2.25. The zero-order valence-corrected chi connectivity index (χ0v) is 18.1. The second-order valence-corrected chi connectivity index (χ2v) is 7.55. The Bertz CT molecular complexity index is 1190. The van der Waals surface area contributed by atoms with E-state index in [-0.39, 0.29) is 6.42 Å². The van der Waals surface area contributed by atoms with Crippen molar-refractivity contribution >= 4 is 17.8 Å². The Labute approximate surface area is 196 Å². The highest BCUT2D eigenvalue weighted by Gasteiger charge is 2.32. The van der Waals surface area contributed by atoms with Crippen molar-refractivity contribution in [2.45, 2.75) is 24.6 Å². The molecule has 0 spiro atoms. The van der Waals surface area contributed by atoms with Crippen molar-refractivity contribution in [2.24, 2.45) is 0 Å². The van der Waals surface area contributed by atoms with Gasteiger partial charge in [-0.05, 0) is 29.3 Å². The summed E-state index contributed by atoms with van der Waals surface area (Å²) in [4.78, 5) is 37.4. The van der Waals surface area contributed by atoms with E-state index < -0.39 is 36.0 Å². The van der Waals surface area contributed by atoms with Crippen molar-refractivity contribution in [3.05, 3.63) is 107 Å². The number of carbonyl (C=O) groups excluding carboxylic acids is 2. The van der Waals surface area contributed by atoms with Crippen LogP contribution in [0.1, 0.15) is 33.1 Å². The van der Waals surface area contributed by atoms with Gasteiger partial charge in [-0.15, -0.1) is 0 Å². The van der Waals surface area contributed by atoms with E-state index >= 15 is 0 Å². The second kappa shape index (κ2) is 11.4. The summed E-state index contributed by atoms with van der Waals surface area (Å²) in [6.45, 7) is 0. The summed E-state index contributed by atoms with van der Waals surface area (Å²) in [6.07, 6.45) is -1.92. The summed E-state index contributed by atoms with van der Waals surface area (Å²) in [5.41, 5.74) is 1.55. The van der Waals surface area contributed by atoms with Gasteiger partial charge in [0, 0.05) is 12.0 Å². The number of benzene rings is 3. The Morgan fingerprint density at radius 3 is 2.06 bits per heavy atom. The second-order valence-electron chi connectivity index (χ2n) is 7.55. The van der Waals surface area contributed by atoms with E-state index in [0.717, 1.165) is 0 Å². The first kappa shape index (κ1) is 24.2. The van der Waals surface area contributed by atoms with Crippen LogP contribution in [0.3, 0.4) is 0 Å². The quantitative estimate of drug-likeness (QED) is 0.388. The molecule has 34 heavy (non-hydrogen) atoms. The summed E-state index contributed by atoms with van der Waals surface area (Å²) >= 11 is 0. The van der Waals surface area contributed by atoms with Crippen LogP contribution in [0.4, 0.5) is 0 Å². The average molecular weight is 457 g/mol. The topological polar surface area (TPSA) is 140 Å². The summed E-state index contributed by atoms with van der Waals surface area (Å²) in [5.74, 6) is -2.79. The van der Waals surface area contributed by atoms with Crippen LogP contribution in [0.15, 0.2) is 84.9 Å². The van der Waals surface area contributed by atoms with E-state index in [1.54, 1.807) is 84.9 Å². The van der Waals surface area contributed by atoms with E-state index in [1.165, 1.54) is 0 Å². The number of rotatable bonds is 9. The number of hydrogen-bond donors (Lipinski definition) is 4. The van der Waals surface area contributed by atoms with Crippen molar-refractivity contribution < 1.29 is 24.6 Å². The van der Waals surface area contributed by atoms with E-state index in [4.69, 9.17) is 0 Å². The van der Waals surface area contributed by atoms with E-state index in [2.05, 4.69) is 10.6 Å². The third-order valence-electron chi connectivity index (χ3n) is 5.24. The van der Waals surface area contributed by atoms with Crippen LogP contribution in [0.2, 0.25) is 0 Å². The largest absolute Gasteiger partial charge is 0.480 e. The number of aliphatic hydroxyl groups excluding tert-OH is 1. The Kier molecular flexibility index (Phi) is 8.11. The number of hydrogen-bond acceptors (Lipinski definition) is 5. The van der Waals surface area contributed by atoms with Crippen LogP contribution in [0.5, 0.6) is 0 Å². The first-order valence-electron chi connectivity index (χ1n) is 10.5. The Morgan fingerprint density at radius 1 is 0.853 bits per heavy atom. The average Bonchev–Trinajstić information content (AvgIpc) is 2.87. The van der Waals surface area contributed by atoms with Gasteiger partial charge in [-0.1, -0.05) is 66.7 Å². The van der Waals surface area contributed by atoms with E-state index in [9.17, 15) is 29.9 Å². The van der Waals surface area contributed by atoms with Gasteiger partial charge in [-0.2, -0.15) is 5.26 Å². The SMILES string of the molecule is N#Cc1ccccc1C[C@H](NC(=O)[C@H](O)[C@@H](NC(=O)c1ccccc1)c1ccccc1)C(=O)O. The lowest BCUT2D eigenvalue weighted by molar-refractivity contribution is -0.143. The maximum absolute atomic E-state index is 12.9. The van der Waals surface area contributed by atoms with Crippen molar-refractivity contribution in [1.82, 2.24) is 10.6 Å². The highest BCUT2D eigenvalue weighted by atomic mass is 16.4. The molecule has 8 heteroatoms. The van der Waals surface area contributed by atoms with E-state index in [1.807, 2.05) is 6.07 Å². The molecule has 2 amide bonds. The number of carboxylic acids is 1. The van der Waals surface area contributed by atoms with Crippen LogP contribution >= 0.6 is 0 Å². The smallest absolute Gasteiger partial charge is 0.326 e. The van der Waals surface area contributed by atoms with Gasteiger partial charge < -0.3 is 20.8 Å². The molecular weight excluding hydrogens is 434 g/mol. The first-order valence-corrected chi connectivity index (χ1v) is 10.5. The summed E-state index contributed by atoms with van der Waals surface area (Å²) in [6, 6.07) is 22.7. The van der Waals surface area contributed by atoms with Gasteiger partial charge in [-0.25, -0.2) is 4.79 Å². The molecule has 3 rings (SSSR count). The minimum absolute atomic E-state index is 0.149. The Morgan fingerprint density at radius 2 is 1.44 bits per heavy atom. The molecule has 4 N–H and O–H groups in total. The number of amides is 2. The molecule has 0 aliphatic carbocycles. The monoisotopic (exact) mass is 457 g/mol.